The zero-order valence-electron chi connectivity index (χ0n) is 12.4. The van der Waals surface area contributed by atoms with Gasteiger partial charge in [0.1, 0.15) is 0 Å². The van der Waals surface area contributed by atoms with Crippen LogP contribution in [0.5, 0.6) is 0 Å². The van der Waals surface area contributed by atoms with Gasteiger partial charge in [0.2, 0.25) is 0 Å². The minimum absolute atomic E-state index is 0. The standard InChI is InChI=1S/C6H8O7.ClH.3Na.H3O4P.H2O/c7-3(8)1-6(13,5(11)12)2-4(9)10;;;;;1-5(2,3)4;/h13H,1-2H2,(H,7,8)(H,9,10)(H,11,12);1H;;;;(H3,1,2,3,4);1H2/q;;3*+1;;/p-3. The number of carbonyl (C=O) groups is 3. The minimum atomic E-state index is -5.14. The molecule has 0 saturated heterocycles. The Morgan fingerprint density at radius 3 is 1.17 bits per heavy atom. The fourth-order valence-electron chi connectivity index (χ4n) is 0.714. The smallest absolute Gasteiger partial charge is 0.870 e. The molecular weight excluding hydrogens is 399 g/mol. The topological polar surface area (TPSA) is 246 Å². The number of hydrogen-bond donors (Lipinski definition) is 5. The van der Waals surface area contributed by atoms with Crippen molar-refractivity contribution >= 4 is 38.1 Å². The molecule has 0 saturated carbocycles. The maximum absolute atomic E-state index is 10.3. The van der Waals surface area contributed by atoms with Gasteiger partial charge in [0.15, 0.2) is 5.60 Å². The first kappa shape index (κ1) is 44.3. The third kappa shape index (κ3) is 35.6. The molecule has 0 bridgehead atoms. The van der Waals surface area contributed by atoms with Crippen molar-refractivity contribution < 1.29 is 148 Å². The predicted molar refractivity (Wildman–Crippen MR) is 56.1 cm³/mol. The summed E-state index contributed by atoms with van der Waals surface area (Å²) in [6, 6.07) is 0. The fourth-order valence-corrected chi connectivity index (χ4v) is 0.714. The van der Waals surface area contributed by atoms with Gasteiger partial charge in [-0.2, -0.15) is 0 Å². The van der Waals surface area contributed by atoms with Crippen molar-refractivity contribution in [1.82, 2.24) is 0 Å². The molecule has 0 amide bonds. The monoisotopic (exact) mass is 410 g/mol. The van der Waals surface area contributed by atoms with Crippen LogP contribution in [0, 0.1) is 0 Å². The van der Waals surface area contributed by atoms with E-state index in [0.29, 0.717) is 0 Å². The van der Waals surface area contributed by atoms with E-state index in [9.17, 15) is 14.4 Å². The molecule has 0 radical (unpaired) electrons. The number of hydrogen-bond acceptors (Lipinski definition) is 8. The first-order chi connectivity index (χ1) is 7.78. The van der Waals surface area contributed by atoms with Gasteiger partial charge in [-0.05, 0) is 0 Å². The summed E-state index contributed by atoms with van der Waals surface area (Å²) in [5.74, 6) is -5.02. The maximum Gasteiger partial charge on any atom is 1.00 e. The van der Waals surface area contributed by atoms with Crippen LogP contribution >= 0.6 is 20.2 Å². The number of aliphatic carboxylic acids is 3. The van der Waals surface area contributed by atoms with Crippen LogP contribution in [0.1, 0.15) is 12.8 Å². The van der Waals surface area contributed by atoms with Crippen LogP contribution in [-0.2, 0) is 18.9 Å². The molecule has 0 aliphatic heterocycles. The molecule has 0 fully saturated rings. The number of halogens is 1. The Kier molecular flexibility index (Phi) is 38.6. The number of carboxylic acids is 3. The largest absolute Gasteiger partial charge is 1.00 e. The van der Waals surface area contributed by atoms with Crippen LogP contribution in [-0.4, -0.2) is 54.3 Å². The van der Waals surface area contributed by atoms with Crippen molar-refractivity contribution in [3.63, 3.8) is 0 Å². The Balaban J connectivity index is -0.0000000455. The zero-order chi connectivity index (χ0) is 15.1. The third-order valence-corrected chi connectivity index (χ3v) is 1.29. The summed E-state index contributed by atoms with van der Waals surface area (Å²) in [5, 5.41) is 33.8. The van der Waals surface area contributed by atoms with Crippen LogP contribution < -0.4 is 98.5 Å². The molecule has 0 aromatic carbocycles. The molecule has 0 aromatic heterocycles. The second-order valence-corrected chi connectivity index (χ2v) is 3.88. The van der Waals surface area contributed by atoms with Gasteiger partial charge >= 0.3 is 107 Å². The summed E-state index contributed by atoms with van der Waals surface area (Å²) < 4.78 is 8.66. The number of rotatable bonds is 5. The number of phosphoric acid groups is 1. The summed E-state index contributed by atoms with van der Waals surface area (Å²) in [5.41, 5.74) is -2.74. The van der Waals surface area contributed by atoms with E-state index in [1.54, 1.807) is 0 Å². The first-order valence-electron chi connectivity index (χ1n) is 3.92. The van der Waals surface area contributed by atoms with E-state index in [-0.39, 0.29) is 107 Å². The van der Waals surface area contributed by atoms with Crippen LogP contribution in [0.15, 0.2) is 0 Å². The molecule has 17 heteroatoms. The van der Waals surface area contributed by atoms with Crippen LogP contribution in [0.25, 0.3) is 0 Å². The number of carboxylic acid groups (broad SMARTS) is 3. The molecule has 6 N–H and O–H groups in total. The van der Waals surface area contributed by atoms with Crippen molar-refractivity contribution in [3.8, 4) is 0 Å². The number of aliphatic hydroxyl groups is 1. The molecule has 12 nitrogen and oxygen atoms in total. The van der Waals surface area contributed by atoms with E-state index in [2.05, 4.69) is 0 Å². The van der Waals surface area contributed by atoms with Crippen molar-refractivity contribution in [3.05, 3.63) is 0 Å². The predicted octanol–water partition coefficient (Wildman–Crippen LogP) is -12.2. The summed E-state index contributed by atoms with van der Waals surface area (Å²) in [6.07, 6.45) is -2.29. The Hall–Kier alpha value is 1.73. The summed E-state index contributed by atoms with van der Waals surface area (Å²) in [7, 11) is -5.14. The molecule has 0 aliphatic carbocycles. The average molecular weight is 411 g/mol. The molecule has 0 spiro atoms. The second kappa shape index (κ2) is 20.0. The van der Waals surface area contributed by atoms with E-state index in [0.717, 1.165) is 0 Å². The van der Waals surface area contributed by atoms with Gasteiger partial charge in [0.25, 0.3) is 0 Å². The summed E-state index contributed by atoms with van der Waals surface area (Å²) >= 11 is 0. The molecule has 0 atom stereocenters. The van der Waals surface area contributed by atoms with E-state index in [1.165, 1.54) is 0 Å². The van der Waals surface area contributed by atoms with Gasteiger partial charge in [-0.15, -0.1) is 12.4 Å². The van der Waals surface area contributed by atoms with Gasteiger partial charge in [-0.25, -0.2) is 4.79 Å². The van der Waals surface area contributed by atoms with Crippen LogP contribution in [0.4, 0.5) is 0 Å². The minimum Gasteiger partial charge on any atom is -0.870 e. The molecule has 0 heterocycles. The Labute approximate surface area is 202 Å². The maximum atomic E-state index is 10.3. The van der Waals surface area contributed by atoms with Gasteiger partial charge in [0, 0.05) is 0 Å². The normalized spacial score (nSPS) is 8.70. The molecule has 0 rings (SSSR count). The van der Waals surface area contributed by atoms with E-state index in [4.69, 9.17) is 39.7 Å². The molecule has 0 aromatic rings. The van der Waals surface area contributed by atoms with Gasteiger partial charge in [0.05, 0.1) is 20.7 Å². The Morgan fingerprint density at radius 2 is 1.09 bits per heavy atom. The zero-order valence-corrected chi connectivity index (χ0v) is 20.1. The van der Waals surface area contributed by atoms with Gasteiger partial charge in [-0.3, -0.25) is 9.59 Å². The molecule has 122 valence electrons. The average Bonchev–Trinajstić information content (AvgIpc) is 1.95. The van der Waals surface area contributed by atoms with Gasteiger partial charge < -0.3 is 45.1 Å². The third-order valence-electron chi connectivity index (χ3n) is 1.29. The van der Waals surface area contributed by atoms with Crippen LogP contribution in [0.2, 0.25) is 0 Å². The quantitative estimate of drug-likeness (QED) is 0.209. The van der Waals surface area contributed by atoms with E-state index in [1.807, 2.05) is 0 Å². The van der Waals surface area contributed by atoms with Gasteiger partial charge in [-0.1, -0.05) is 0 Å². The van der Waals surface area contributed by atoms with Crippen molar-refractivity contribution in [1.29, 1.82) is 0 Å². The van der Waals surface area contributed by atoms with Crippen molar-refractivity contribution in [2.45, 2.75) is 18.4 Å². The molecular formula is C6H11ClNa3O12P. The molecule has 23 heavy (non-hydrogen) atoms. The van der Waals surface area contributed by atoms with E-state index >= 15 is 0 Å². The van der Waals surface area contributed by atoms with Crippen LogP contribution in [0.3, 0.4) is 0 Å². The summed E-state index contributed by atoms with van der Waals surface area (Å²) in [4.78, 5) is 54.8. The fraction of sp³-hybridized carbons (Fsp3) is 0.500. The Morgan fingerprint density at radius 1 is 0.913 bits per heavy atom. The Bertz CT molecular complexity index is 363. The van der Waals surface area contributed by atoms with E-state index < -0.39 is 44.2 Å². The molecule has 0 unspecified atom stereocenters. The first-order valence-corrected chi connectivity index (χ1v) is 5.41. The SMILES string of the molecule is Cl.O=C(O)CC(O)(CC(=O)O)C(=O)O.O=P([O-])([O-])O.[Na+].[Na+].[Na+].[OH-]. The van der Waals surface area contributed by atoms with Crippen molar-refractivity contribution in [2.24, 2.45) is 0 Å². The van der Waals surface area contributed by atoms with Crippen molar-refractivity contribution in [2.75, 3.05) is 0 Å². The molecule has 0 aliphatic rings. The summed E-state index contributed by atoms with van der Waals surface area (Å²) in [6.45, 7) is 0. The second-order valence-electron chi connectivity index (χ2n) is 2.95.